The Kier molecular flexibility index (Phi) is 3.02. The minimum atomic E-state index is -0.500. The lowest BCUT2D eigenvalue weighted by Crippen LogP contribution is -2.16. The summed E-state index contributed by atoms with van der Waals surface area (Å²) in [5, 5.41) is 0. The first-order valence-electron chi connectivity index (χ1n) is 6.14. The Hall–Kier alpha value is -2.56. The number of hydrogen-bond donors (Lipinski definition) is 1. The Morgan fingerprint density at radius 3 is 2.60 bits per heavy atom. The fourth-order valence-electron chi connectivity index (χ4n) is 2.07. The monoisotopic (exact) mass is 273 g/mol. The standard InChI is InChI=1S/C15H12FNO3/c16-10-2-3-12(17)11(8-10)15(18)9-1-4-13-14(7-9)20-6-5-19-13/h1-4,7-8H,5-6,17H2. The number of anilines is 1. The normalized spacial score (nSPS) is 13.1. The van der Waals surface area contributed by atoms with Crippen molar-refractivity contribution in [2.45, 2.75) is 0 Å². The minimum Gasteiger partial charge on any atom is -0.486 e. The lowest BCUT2D eigenvalue weighted by molar-refractivity contribution is 0.103. The van der Waals surface area contributed by atoms with Gasteiger partial charge in [-0.2, -0.15) is 0 Å². The van der Waals surface area contributed by atoms with Crippen LogP contribution in [0.4, 0.5) is 10.1 Å². The zero-order chi connectivity index (χ0) is 14.1. The fraction of sp³-hybridized carbons (Fsp3) is 0.133. The molecule has 0 fully saturated rings. The first-order valence-corrected chi connectivity index (χ1v) is 6.14. The summed E-state index contributed by atoms with van der Waals surface area (Å²) >= 11 is 0. The van der Waals surface area contributed by atoms with Crippen molar-refractivity contribution in [3.63, 3.8) is 0 Å². The van der Waals surface area contributed by atoms with Crippen molar-refractivity contribution in [3.8, 4) is 11.5 Å². The van der Waals surface area contributed by atoms with Crippen LogP contribution in [0, 0.1) is 5.82 Å². The lowest BCUT2D eigenvalue weighted by Gasteiger charge is -2.18. The van der Waals surface area contributed by atoms with Crippen LogP contribution in [0.15, 0.2) is 36.4 Å². The number of ether oxygens (including phenoxy) is 2. The summed E-state index contributed by atoms with van der Waals surface area (Å²) in [6, 6.07) is 8.59. The topological polar surface area (TPSA) is 61.6 Å². The highest BCUT2D eigenvalue weighted by Gasteiger charge is 2.18. The molecular formula is C15H12FNO3. The maximum Gasteiger partial charge on any atom is 0.195 e. The molecule has 1 aliphatic rings. The number of hydrogen-bond acceptors (Lipinski definition) is 4. The van der Waals surface area contributed by atoms with Gasteiger partial charge in [0.15, 0.2) is 17.3 Å². The molecule has 20 heavy (non-hydrogen) atoms. The largest absolute Gasteiger partial charge is 0.486 e. The highest BCUT2D eigenvalue weighted by Crippen LogP contribution is 2.32. The second-order valence-corrected chi connectivity index (χ2v) is 4.42. The average molecular weight is 273 g/mol. The van der Waals surface area contributed by atoms with Gasteiger partial charge in [0, 0.05) is 16.8 Å². The number of nitrogen functional groups attached to an aromatic ring is 1. The van der Waals surface area contributed by atoms with Gasteiger partial charge < -0.3 is 15.2 Å². The second kappa shape index (κ2) is 4.85. The van der Waals surface area contributed by atoms with E-state index in [1.165, 1.54) is 12.1 Å². The Morgan fingerprint density at radius 1 is 1.05 bits per heavy atom. The predicted octanol–water partition coefficient (Wildman–Crippen LogP) is 2.41. The van der Waals surface area contributed by atoms with E-state index in [2.05, 4.69) is 0 Å². The summed E-state index contributed by atoms with van der Waals surface area (Å²) < 4.78 is 24.1. The van der Waals surface area contributed by atoms with Gasteiger partial charge in [0.2, 0.25) is 0 Å². The maximum atomic E-state index is 13.2. The third-order valence-corrected chi connectivity index (χ3v) is 3.06. The molecule has 1 aliphatic heterocycles. The predicted molar refractivity (Wildman–Crippen MR) is 71.7 cm³/mol. The van der Waals surface area contributed by atoms with Gasteiger partial charge in [0.1, 0.15) is 19.0 Å². The van der Waals surface area contributed by atoms with Crippen LogP contribution < -0.4 is 15.2 Å². The zero-order valence-corrected chi connectivity index (χ0v) is 10.6. The van der Waals surface area contributed by atoms with E-state index >= 15 is 0 Å². The summed E-state index contributed by atoms with van der Waals surface area (Å²) in [4.78, 5) is 12.4. The molecule has 0 bridgehead atoms. The van der Waals surface area contributed by atoms with Crippen molar-refractivity contribution < 1.29 is 18.7 Å². The van der Waals surface area contributed by atoms with Crippen LogP contribution in [0.25, 0.3) is 0 Å². The number of benzene rings is 2. The Morgan fingerprint density at radius 2 is 1.80 bits per heavy atom. The van der Waals surface area contributed by atoms with Crippen LogP contribution in [0.1, 0.15) is 15.9 Å². The van der Waals surface area contributed by atoms with Crippen molar-refractivity contribution in [1.82, 2.24) is 0 Å². The van der Waals surface area contributed by atoms with Crippen LogP contribution in [0.3, 0.4) is 0 Å². The molecule has 2 N–H and O–H groups in total. The van der Waals surface area contributed by atoms with Gasteiger partial charge in [-0.05, 0) is 36.4 Å². The summed E-state index contributed by atoms with van der Waals surface area (Å²) in [6.07, 6.45) is 0. The number of halogens is 1. The second-order valence-electron chi connectivity index (χ2n) is 4.42. The molecule has 3 rings (SSSR count). The van der Waals surface area contributed by atoms with Crippen molar-refractivity contribution in [3.05, 3.63) is 53.3 Å². The van der Waals surface area contributed by atoms with E-state index in [4.69, 9.17) is 15.2 Å². The summed E-state index contributed by atoms with van der Waals surface area (Å²) in [7, 11) is 0. The van der Waals surface area contributed by atoms with Gasteiger partial charge in [0.25, 0.3) is 0 Å². The van der Waals surface area contributed by atoms with Crippen molar-refractivity contribution in [1.29, 1.82) is 0 Å². The first kappa shape index (κ1) is 12.5. The van der Waals surface area contributed by atoms with Gasteiger partial charge in [-0.1, -0.05) is 0 Å². The van der Waals surface area contributed by atoms with Crippen LogP contribution >= 0.6 is 0 Å². The molecule has 5 heteroatoms. The summed E-state index contributed by atoms with van der Waals surface area (Å²) in [6.45, 7) is 0.921. The molecule has 0 radical (unpaired) electrons. The molecule has 0 unspecified atom stereocenters. The molecule has 0 aromatic heterocycles. The molecule has 0 amide bonds. The fourth-order valence-corrected chi connectivity index (χ4v) is 2.07. The smallest absolute Gasteiger partial charge is 0.195 e. The zero-order valence-electron chi connectivity index (χ0n) is 10.6. The van der Waals surface area contributed by atoms with Crippen molar-refractivity contribution in [2.75, 3.05) is 18.9 Å². The quantitative estimate of drug-likeness (QED) is 0.674. The van der Waals surface area contributed by atoms with E-state index in [9.17, 15) is 9.18 Å². The van der Waals surface area contributed by atoms with Gasteiger partial charge in [-0.25, -0.2) is 4.39 Å². The van der Waals surface area contributed by atoms with E-state index < -0.39 is 5.82 Å². The molecule has 4 nitrogen and oxygen atoms in total. The molecule has 2 aromatic rings. The average Bonchev–Trinajstić information content (AvgIpc) is 2.48. The minimum absolute atomic E-state index is 0.140. The highest BCUT2D eigenvalue weighted by atomic mass is 19.1. The van der Waals surface area contributed by atoms with Crippen molar-refractivity contribution in [2.24, 2.45) is 0 Å². The highest BCUT2D eigenvalue weighted by molar-refractivity contribution is 6.12. The van der Waals surface area contributed by atoms with E-state index in [1.807, 2.05) is 0 Å². The summed E-state index contributed by atoms with van der Waals surface area (Å²) in [5.41, 5.74) is 6.49. The number of rotatable bonds is 2. The van der Waals surface area contributed by atoms with E-state index in [0.29, 0.717) is 30.3 Å². The van der Waals surface area contributed by atoms with Gasteiger partial charge in [0.05, 0.1) is 0 Å². The third-order valence-electron chi connectivity index (χ3n) is 3.06. The first-order chi connectivity index (χ1) is 9.65. The molecular weight excluding hydrogens is 261 g/mol. The van der Waals surface area contributed by atoms with Gasteiger partial charge in [-0.15, -0.1) is 0 Å². The molecule has 102 valence electrons. The van der Waals surface area contributed by atoms with E-state index in [-0.39, 0.29) is 17.0 Å². The number of carbonyl (C=O) groups excluding carboxylic acids is 1. The molecule has 1 heterocycles. The Labute approximate surface area is 114 Å². The van der Waals surface area contributed by atoms with Crippen LogP contribution in [-0.4, -0.2) is 19.0 Å². The SMILES string of the molecule is Nc1ccc(F)cc1C(=O)c1ccc2c(c1)OCCO2. The van der Waals surface area contributed by atoms with E-state index in [0.717, 1.165) is 6.07 Å². The Bertz CT molecular complexity index is 685. The molecule has 0 saturated heterocycles. The van der Waals surface area contributed by atoms with Crippen LogP contribution in [0.2, 0.25) is 0 Å². The molecule has 2 aromatic carbocycles. The van der Waals surface area contributed by atoms with Gasteiger partial charge in [-0.3, -0.25) is 4.79 Å². The molecule has 0 spiro atoms. The molecule has 0 saturated carbocycles. The number of carbonyl (C=O) groups is 1. The Balaban J connectivity index is 2.00. The molecule has 0 atom stereocenters. The van der Waals surface area contributed by atoms with Gasteiger partial charge >= 0.3 is 0 Å². The summed E-state index contributed by atoms with van der Waals surface area (Å²) in [5.74, 6) is 0.260. The number of fused-ring (bicyclic) bond motifs is 1. The van der Waals surface area contributed by atoms with E-state index in [1.54, 1.807) is 18.2 Å². The number of nitrogens with two attached hydrogens (primary N) is 1. The molecule has 0 aliphatic carbocycles. The maximum absolute atomic E-state index is 13.2. The third kappa shape index (κ3) is 2.18. The van der Waals surface area contributed by atoms with Crippen molar-refractivity contribution >= 4 is 11.5 Å². The number of ketones is 1. The van der Waals surface area contributed by atoms with Crippen LogP contribution in [-0.2, 0) is 0 Å². The van der Waals surface area contributed by atoms with Crippen LogP contribution in [0.5, 0.6) is 11.5 Å². The lowest BCUT2D eigenvalue weighted by atomic mass is 10.0.